The topological polar surface area (TPSA) is 91.4 Å². The molecule has 0 bridgehead atoms. The van der Waals surface area contributed by atoms with Gasteiger partial charge in [0.2, 0.25) is 0 Å². The van der Waals surface area contributed by atoms with Gasteiger partial charge in [0.15, 0.2) is 0 Å². The molecule has 138 valence electrons. The third kappa shape index (κ3) is 4.98. The third-order valence-corrected chi connectivity index (χ3v) is 4.15. The number of nitrogens with zero attached hydrogens (tertiary/aromatic N) is 3. The van der Waals surface area contributed by atoms with Crippen LogP contribution in [-0.2, 0) is 0 Å². The van der Waals surface area contributed by atoms with Crippen LogP contribution in [0.2, 0.25) is 0 Å². The van der Waals surface area contributed by atoms with Crippen LogP contribution < -0.4 is 25.6 Å². The Bertz CT molecular complexity index is 716. The molecular formula is C18H24N6O2. The summed E-state index contributed by atoms with van der Waals surface area (Å²) >= 11 is 0. The standard InChI is InChI=1S/C18H24N6O2/c1-26-15-6-4-14(5-7-15)23-18(25)20-9-8-19-16-12-17(22-13-21-16)24-10-2-3-11-24/h4-7,12-13H,2-3,8-11H2,1H3,(H,19,21,22)(H2,20,23,25). The van der Waals surface area contributed by atoms with Crippen molar-refractivity contribution in [2.24, 2.45) is 0 Å². The molecule has 1 aliphatic heterocycles. The molecule has 3 rings (SSSR count). The summed E-state index contributed by atoms with van der Waals surface area (Å²) in [6.07, 6.45) is 3.99. The summed E-state index contributed by atoms with van der Waals surface area (Å²) in [6, 6.07) is 8.86. The summed E-state index contributed by atoms with van der Waals surface area (Å²) in [6.45, 7) is 3.14. The van der Waals surface area contributed by atoms with Crippen molar-refractivity contribution >= 4 is 23.4 Å². The molecule has 0 spiro atoms. The van der Waals surface area contributed by atoms with Gasteiger partial charge in [-0.15, -0.1) is 0 Å². The van der Waals surface area contributed by atoms with E-state index in [2.05, 4.69) is 30.8 Å². The Kier molecular flexibility index (Phi) is 6.08. The zero-order valence-corrected chi connectivity index (χ0v) is 14.9. The molecule has 1 fully saturated rings. The molecule has 8 heteroatoms. The van der Waals surface area contributed by atoms with E-state index in [4.69, 9.17) is 4.74 Å². The Morgan fingerprint density at radius 1 is 1.15 bits per heavy atom. The van der Waals surface area contributed by atoms with E-state index in [1.165, 1.54) is 12.8 Å². The molecule has 2 aromatic rings. The van der Waals surface area contributed by atoms with Crippen LogP contribution in [0.3, 0.4) is 0 Å². The molecule has 3 N–H and O–H groups in total. The van der Waals surface area contributed by atoms with Crippen molar-refractivity contribution in [3.8, 4) is 5.75 Å². The molecule has 0 saturated carbocycles. The minimum Gasteiger partial charge on any atom is -0.497 e. The number of nitrogens with one attached hydrogen (secondary N) is 3. The number of anilines is 3. The number of benzene rings is 1. The lowest BCUT2D eigenvalue weighted by molar-refractivity contribution is 0.252. The summed E-state index contributed by atoms with van der Waals surface area (Å²) in [5, 5.41) is 8.78. The molecule has 1 saturated heterocycles. The Hall–Kier alpha value is -3.03. The zero-order valence-electron chi connectivity index (χ0n) is 14.9. The quantitative estimate of drug-likeness (QED) is 0.660. The predicted molar refractivity (Wildman–Crippen MR) is 102 cm³/mol. The van der Waals surface area contributed by atoms with E-state index >= 15 is 0 Å². The lowest BCUT2D eigenvalue weighted by atomic mass is 10.3. The van der Waals surface area contributed by atoms with E-state index < -0.39 is 0 Å². The largest absolute Gasteiger partial charge is 0.497 e. The van der Waals surface area contributed by atoms with Gasteiger partial charge in [-0.05, 0) is 37.1 Å². The van der Waals surface area contributed by atoms with Crippen molar-refractivity contribution in [1.29, 1.82) is 0 Å². The fourth-order valence-electron chi connectivity index (χ4n) is 2.78. The number of carbonyl (C=O) groups is 1. The zero-order chi connectivity index (χ0) is 18.2. The summed E-state index contributed by atoms with van der Waals surface area (Å²) in [5.41, 5.74) is 0.710. The molecule has 1 aromatic carbocycles. The molecule has 2 amide bonds. The SMILES string of the molecule is COc1ccc(NC(=O)NCCNc2cc(N3CCCC3)ncn2)cc1. The maximum Gasteiger partial charge on any atom is 0.319 e. The second-order valence-electron chi connectivity index (χ2n) is 5.99. The number of methoxy groups -OCH3 is 1. The second-order valence-corrected chi connectivity index (χ2v) is 5.99. The number of urea groups is 1. The van der Waals surface area contributed by atoms with Gasteiger partial charge < -0.3 is 25.6 Å². The van der Waals surface area contributed by atoms with E-state index in [1.54, 1.807) is 37.7 Å². The average molecular weight is 356 g/mol. The maximum absolute atomic E-state index is 11.9. The van der Waals surface area contributed by atoms with E-state index in [9.17, 15) is 4.79 Å². The fraction of sp³-hybridized carbons (Fsp3) is 0.389. The van der Waals surface area contributed by atoms with Crippen molar-refractivity contribution in [3.63, 3.8) is 0 Å². The molecule has 26 heavy (non-hydrogen) atoms. The van der Waals surface area contributed by atoms with Gasteiger partial charge in [-0.25, -0.2) is 14.8 Å². The van der Waals surface area contributed by atoms with Gasteiger partial charge in [-0.2, -0.15) is 0 Å². The van der Waals surface area contributed by atoms with E-state index in [0.717, 1.165) is 30.5 Å². The molecule has 0 radical (unpaired) electrons. The first-order chi connectivity index (χ1) is 12.7. The molecule has 2 heterocycles. The van der Waals surface area contributed by atoms with Crippen LogP contribution in [0, 0.1) is 0 Å². The highest BCUT2D eigenvalue weighted by atomic mass is 16.5. The molecule has 1 aromatic heterocycles. The van der Waals surface area contributed by atoms with Crippen LogP contribution in [0.1, 0.15) is 12.8 Å². The summed E-state index contributed by atoms with van der Waals surface area (Å²) in [7, 11) is 1.61. The first-order valence-corrected chi connectivity index (χ1v) is 8.74. The first kappa shape index (κ1) is 17.8. The normalized spacial score (nSPS) is 13.3. The highest BCUT2D eigenvalue weighted by Crippen LogP contribution is 2.19. The average Bonchev–Trinajstić information content (AvgIpc) is 3.21. The minimum atomic E-state index is -0.252. The summed E-state index contributed by atoms with van der Waals surface area (Å²) in [5.74, 6) is 2.46. The fourth-order valence-corrected chi connectivity index (χ4v) is 2.78. The minimum absolute atomic E-state index is 0.252. The number of ether oxygens (including phenoxy) is 1. The third-order valence-electron chi connectivity index (χ3n) is 4.15. The van der Waals surface area contributed by atoms with Gasteiger partial charge >= 0.3 is 6.03 Å². The summed E-state index contributed by atoms with van der Waals surface area (Å²) < 4.78 is 5.09. The Balaban J connectivity index is 1.39. The van der Waals surface area contributed by atoms with Crippen LogP contribution in [0.5, 0.6) is 5.75 Å². The highest BCUT2D eigenvalue weighted by molar-refractivity contribution is 5.89. The van der Waals surface area contributed by atoms with Crippen molar-refractivity contribution in [3.05, 3.63) is 36.7 Å². The van der Waals surface area contributed by atoms with Gasteiger partial charge in [0.25, 0.3) is 0 Å². The van der Waals surface area contributed by atoms with Crippen molar-refractivity contribution < 1.29 is 9.53 Å². The smallest absolute Gasteiger partial charge is 0.319 e. The maximum atomic E-state index is 11.9. The Morgan fingerprint density at radius 3 is 2.65 bits per heavy atom. The molecule has 0 aliphatic carbocycles. The van der Waals surface area contributed by atoms with Crippen LogP contribution in [0.25, 0.3) is 0 Å². The Labute approximate surface area is 153 Å². The Morgan fingerprint density at radius 2 is 1.92 bits per heavy atom. The first-order valence-electron chi connectivity index (χ1n) is 8.74. The van der Waals surface area contributed by atoms with Gasteiger partial charge in [0.1, 0.15) is 23.7 Å². The van der Waals surface area contributed by atoms with E-state index in [-0.39, 0.29) is 6.03 Å². The number of hydrogen-bond donors (Lipinski definition) is 3. The highest BCUT2D eigenvalue weighted by Gasteiger charge is 2.13. The lowest BCUT2D eigenvalue weighted by Crippen LogP contribution is -2.32. The van der Waals surface area contributed by atoms with Gasteiger partial charge in [-0.1, -0.05) is 0 Å². The molecule has 0 unspecified atom stereocenters. The van der Waals surface area contributed by atoms with Gasteiger partial charge in [0.05, 0.1) is 7.11 Å². The molecular weight excluding hydrogens is 332 g/mol. The van der Waals surface area contributed by atoms with Gasteiger partial charge in [0, 0.05) is 37.9 Å². The van der Waals surface area contributed by atoms with E-state index in [0.29, 0.717) is 18.8 Å². The molecule has 1 aliphatic rings. The van der Waals surface area contributed by atoms with Gasteiger partial charge in [-0.3, -0.25) is 0 Å². The number of amides is 2. The molecule has 0 atom stereocenters. The van der Waals surface area contributed by atoms with Crippen LogP contribution in [0.15, 0.2) is 36.7 Å². The van der Waals surface area contributed by atoms with Crippen molar-refractivity contribution in [2.75, 3.05) is 48.8 Å². The number of aromatic nitrogens is 2. The predicted octanol–water partition coefficient (Wildman–Crippen LogP) is 2.32. The molecule has 8 nitrogen and oxygen atoms in total. The second kappa shape index (κ2) is 8.89. The van der Waals surface area contributed by atoms with Crippen LogP contribution >= 0.6 is 0 Å². The van der Waals surface area contributed by atoms with Crippen molar-refractivity contribution in [1.82, 2.24) is 15.3 Å². The van der Waals surface area contributed by atoms with Crippen LogP contribution in [-0.4, -0.2) is 49.3 Å². The van der Waals surface area contributed by atoms with Crippen molar-refractivity contribution in [2.45, 2.75) is 12.8 Å². The monoisotopic (exact) mass is 356 g/mol. The van der Waals surface area contributed by atoms with E-state index in [1.807, 2.05) is 6.07 Å². The number of rotatable bonds is 7. The summed E-state index contributed by atoms with van der Waals surface area (Å²) in [4.78, 5) is 22.7. The van der Waals surface area contributed by atoms with Crippen LogP contribution in [0.4, 0.5) is 22.1 Å². The number of hydrogen-bond acceptors (Lipinski definition) is 6. The number of carbonyl (C=O) groups excluding carboxylic acids is 1. The lowest BCUT2D eigenvalue weighted by Gasteiger charge is -2.16.